The summed E-state index contributed by atoms with van der Waals surface area (Å²) in [4.78, 5) is 16.5. The normalized spacial score (nSPS) is 15.4. The van der Waals surface area contributed by atoms with Gasteiger partial charge in [-0.25, -0.2) is 4.79 Å². The number of benzene rings is 2. The lowest BCUT2D eigenvalue weighted by molar-refractivity contribution is 0.0600. The Morgan fingerprint density at radius 2 is 1.74 bits per heavy atom. The average molecular weight is 310 g/mol. The maximum absolute atomic E-state index is 11.6. The Kier molecular flexibility index (Phi) is 4.93. The molecular weight excluding hydrogens is 288 g/mol. The van der Waals surface area contributed by atoms with Crippen LogP contribution < -0.4 is 4.90 Å². The highest BCUT2D eigenvalue weighted by atomic mass is 16.5. The number of anilines is 1. The minimum absolute atomic E-state index is 0.277. The molecule has 120 valence electrons. The molecule has 1 fully saturated rings. The highest BCUT2D eigenvalue weighted by molar-refractivity contribution is 5.89. The summed E-state index contributed by atoms with van der Waals surface area (Å²) in [5, 5.41) is 0. The van der Waals surface area contributed by atoms with Crippen molar-refractivity contribution in [1.82, 2.24) is 4.90 Å². The van der Waals surface area contributed by atoms with Gasteiger partial charge in [-0.3, -0.25) is 4.90 Å². The first-order valence-electron chi connectivity index (χ1n) is 7.96. The van der Waals surface area contributed by atoms with E-state index in [4.69, 9.17) is 4.74 Å². The lowest BCUT2D eigenvalue weighted by atomic mass is 10.1. The van der Waals surface area contributed by atoms with Gasteiger partial charge in [0.05, 0.1) is 12.7 Å². The van der Waals surface area contributed by atoms with Gasteiger partial charge in [-0.05, 0) is 29.8 Å². The molecule has 1 saturated heterocycles. The summed E-state index contributed by atoms with van der Waals surface area (Å²) in [5.74, 6) is -0.277. The summed E-state index contributed by atoms with van der Waals surface area (Å²) in [6, 6.07) is 18.2. The van der Waals surface area contributed by atoms with Crippen LogP contribution in [0.3, 0.4) is 0 Å². The van der Waals surface area contributed by atoms with Gasteiger partial charge in [0, 0.05) is 38.4 Å². The summed E-state index contributed by atoms with van der Waals surface area (Å²) < 4.78 is 4.79. The van der Waals surface area contributed by atoms with E-state index in [2.05, 4.69) is 40.1 Å². The summed E-state index contributed by atoms with van der Waals surface area (Å²) in [6.45, 7) is 4.98. The van der Waals surface area contributed by atoms with Crippen LogP contribution in [0.5, 0.6) is 0 Å². The number of nitrogens with zero attached hydrogens (tertiary/aromatic N) is 2. The van der Waals surface area contributed by atoms with Crippen LogP contribution in [0.4, 0.5) is 5.69 Å². The Morgan fingerprint density at radius 3 is 2.43 bits per heavy atom. The van der Waals surface area contributed by atoms with Crippen LogP contribution in [0.2, 0.25) is 0 Å². The third-order valence-corrected chi connectivity index (χ3v) is 4.25. The number of rotatable bonds is 4. The topological polar surface area (TPSA) is 32.8 Å². The van der Waals surface area contributed by atoms with E-state index < -0.39 is 0 Å². The lowest BCUT2D eigenvalue weighted by Crippen LogP contribution is -2.45. The molecule has 1 heterocycles. The average Bonchev–Trinajstić information content (AvgIpc) is 2.62. The number of carbonyl (C=O) groups excluding carboxylic acids is 1. The highest BCUT2D eigenvalue weighted by Crippen LogP contribution is 2.17. The van der Waals surface area contributed by atoms with E-state index in [1.807, 2.05) is 18.2 Å². The molecule has 2 aromatic rings. The summed E-state index contributed by atoms with van der Waals surface area (Å²) in [6.07, 6.45) is 0. The van der Waals surface area contributed by atoms with E-state index in [1.54, 1.807) is 6.07 Å². The molecule has 1 aliphatic heterocycles. The van der Waals surface area contributed by atoms with Crippen molar-refractivity contribution in [3.8, 4) is 0 Å². The van der Waals surface area contributed by atoms with Crippen LogP contribution in [-0.4, -0.2) is 44.2 Å². The predicted molar refractivity (Wildman–Crippen MR) is 91.7 cm³/mol. The number of para-hydroxylation sites is 1. The molecule has 0 bridgehead atoms. The number of hydrogen-bond donors (Lipinski definition) is 0. The van der Waals surface area contributed by atoms with Gasteiger partial charge >= 0.3 is 5.97 Å². The van der Waals surface area contributed by atoms with Gasteiger partial charge in [-0.2, -0.15) is 0 Å². The van der Waals surface area contributed by atoms with Crippen molar-refractivity contribution in [2.24, 2.45) is 0 Å². The molecule has 0 atom stereocenters. The molecule has 0 saturated carbocycles. The van der Waals surface area contributed by atoms with Gasteiger partial charge in [0.1, 0.15) is 0 Å². The molecule has 4 nitrogen and oxygen atoms in total. The fraction of sp³-hybridized carbons (Fsp3) is 0.316. The van der Waals surface area contributed by atoms with Gasteiger partial charge < -0.3 is 9.64 Å². The largest absolute Gasteiger partial charge is 0.465 e. The van der Waals surface area contributed by atoms with Crippen LogP contribution in [0, 0.1) is 0 Å². The fourth-order valence-electron chi connectivity index (χ4n) is 2.98. The molecule has 0 N–H and O–H groups in total. The van der Waals surface area contributed by atoms with Gasteiger partial charge in [0.25, 0.3) is 0 Å². The number of methoxy groups -OCH3 is 1. The minimum atomic E-state index is -0.277. The number of carbonyl (C=O) groups is 1. The molecule has 4 heteroatoms. The van der Waals surface area contributed by atoms with Crippen molar-refractivity contribution in [1.29, 1.82) is 0 Å². The fourth-order valence-corrected chi connectivity index (χ4v) is 2.98. The quantitative estimate of drug-likeness (QED) is 0.813. The Hall–Kier alpha value is -2.33. The summed E-state index contributed by atoms with van der Waals surface area (Å²) in [7, 11) is 1.41. The third kappa shape index (κ3) is 3.90. The van der Waals surface area contributed by atoms with Crippen LogP contribution in [0.25, 0.3) is 0 Å². The molecule has 0 spiro atoms. The number of piperazine rings is 1. The Balaban J connectivity index is 1.58. The smallest absolute Gasteiger partial charge is 0.337 e. The Morgan fingerprint density at radius 1 is 1.00 bits per heavy atom. The zero-order valence-electron chi connectivity index (χ0n) is 13.4. The van der Waals surface area contributed by atoms with Crippen LogP contribution >= 0.6 is 0 Å². The van der Waals surface area contributed by atoms with Crippen molar-refractivity contribution in [2.75, 3.05) is 38.2 Å². The van der Waals surface area contributed by atoms with E-state index in [1.165, 1.54) is 12.8 Å². The van der Waals surface area contributed by atoms with Crippen molar-refractivity contribution < 1.29 is 9.53 Å². The van der Waals surface area contributed by atoms with Crippen LogP contribution in [0.15, 0.2) is 54.6 Å². The van der Waals surface area contributed by atoms with Crippen molar-refractivity contribution in [3.63, 3.8) is 0 Å². The van der Waals surface area contributed by atoms with Crippen molar-refractivity contribution in [3.05, 3.63) is 65.7 Å². The van der Waals surface area contributed by atoms with E-state index >= 15 is 0 Å². The third-order valence-electron chi connectivity index (χ3n) is 4.25. The molecule has 23 heavy (non-hydrogen) atoms. The molecule has 2 aromatic carbocycles. The second-order valence-electron chi connectivity index (χ2n) is 5.79. The van der Waals surface area contributed by atoms with Gasteiger partial charge in [-0.1, -0.05) is 30.3 Å². The SMILES string of the molecule is COC(=O)c1cccc(CN2CCN(c3ccccc3)CC2)c1. The van der Waals surface area contributed by atoms with Crippen LogP contribution in [-0.2, 0) is 11.3 Å². The minimum Gasteiger partial charge on any atom is -0.465 e. The Bertz CT molecular complexity index is 649. The number of ether oxygens (including phenoxy) is 1. The molecule has 0 unspecified atom stereocenters. The van der Waals surface area contributed by atoms with Crippen molar-refractivity contribution in [2.45, 2.75) is 6.54 Å². The zero-order valence-corrected chi connectivity index (χ0v) is 13.4. The molecule has 0 aliphatic carbocycles. The standard InChI is InChI=1S/C19H22N2O2/c1-23-19(22)17-7-5-6-16(14-17)15-20-10-12-21(13-11-20)18-8-3-2-4-9-18/h2-9,14H,10-13,15H2,1H3. The number of hydrogen-bond acceptors (Lipinski definition) is 4. The van der Waals surface area contributed by atoms with E-state index in [9.17, 15) is 4.79 Å². The molecular formula is C19H22N2O2. The summed E-state index contributed by atoms with van der Waals surface area (Å²) >= 11 is 0. The van der Waals surface area contributed by atoms with Gasteiger partial charge in [0.15, 0.2) is 0 Å². The molecule has 0 radical (unpaired) electrons. The van der Waals surface area contributed by atoms with Crippen molar-refractivity contribution >= 4 is 11.7 Å². The van der Waals surface area contributed by atoms with E-state index in [-0.39, 0.29) is 5.97 Å². The van der Waals surface area contributed by atoms with Gasteiger partial charge in [0.2, 0.25) is 0 Å². The first-order valence-corrected chi connectivity index (χ1v) is 7.96. The molecule has 0 aromatic heterocycles. The van der Waals surface area contributed by atoms with Crippen LogP contribution in [0.1, 0.15) is 15.9 Å². The molecule has 0 amide bonds. The number of esters is 1. The van der Waals surface area contributed by atoms with E-state index in [0.29, 0.717) is 5.56 Å². The maximum Gasteiger partial charge on any atom is 0.337 e. The monoisotopic (exact) mass is 310 g/mol. The Labute approximate surface area is 137 Å². The molecule has 1 aliphatic rings. The summed E-state index contributed by atoms with van der Waals surface area (Å²) in [5.41, 5.74) is 3.06. The second kappa shape index (κ2) is 7.29. The zero-order chi connectivity index (χ0) is 16.1. The van der Waals surface area contributed by atoms with E-state index in [0.717, 1.165) is 38.3 Å². The first kappa shape index (κ1) is 15.6. The lowest BCUT2D eigenvalue weighted by Gasteiger charge is -2.36. The molecule has 3 rings (SSSR count). The first-order chi connectivity index (χ1) is 11.3. The van der Waals surface area contributed by atoms with Gasteiger partial charge in [-0.15, -0.1) is 0 Å². The maximum atomic E-state index is 11.6. The predicted octanol–water partition coefficient (Wildman–Crippen LogP) is 2.80. The highest BCUT2D eigenvalue weighted by Gasteiger charge is 2.17. The second-order valence-corrected chi connectivity index (χ2v) is 5.79.